The van der Waals surface area contributed by atoms with Crippen LogP contribution in [-0.4, -0.2) is 24.8 Å². The molecule has 0 amide bonds. The van der Waals surface area contributed by atoms with Crippen molar-refractivity contribution in [2.24, 2.45) is 5.92 Å². The van der Waals surface area contributed by atoms with Crippen molar-refractivity contribution in [2.45, 2.75) is 26.2 Å². The topological polar surface area (TPSA) is 23.5 Å². The summed E-state index contributed by atoms with van der Waals surface area (Å²) < 4.78 is 0. The Balaban J connectivity index is 2.14. The predicted octanol–water partition coefficient (Wildman–Crippen LogP) is 2.46. The molecular formula is C14H21NO. The Kier molecular flexibility index (Phi) is 3.83. The summed E-state index contributed by atoms with van der Waals surface area (Å²) in [6, 6.07) is 8.67. The Hall–Kier alpha value is -1.02. The molecule has 88 valence electrons. The third kappa shape index (κ3) is 2.38. The van der Waals surface area contributed by atoms with Crippen molar-refractivity contribution in [3.05, 3.63) is 29.8 Å². The maximum absolute atomic E-state index is 9.18. The molecule has 0 aliphatic carbocycles. The highest BCUT2D eigenvalue weighted by Crippen LogP contribution is 2.27. The number of aliphatic hydroxyl groups excluding tert-OH is 1. The van der Waals surface area contributed by atoms with Gasteiger partial charge in [0.15, 0.2) is 0 Å². The van der Waals surface area contributed by atoms with Gasteiger partial charge in [0.1, 0.15) is 0 Å². The van der Waals surface area contributed by atoms with E-state index in [1.165, 1.54) is 17.7 Å². The molecule has 0 saturated carbocycles. The zero-order valence-corrected chi connectivity index (χ0v) is 10.0. The molecular weight excluding hydrogens is 198 g/mol. The number of benzene rings is 1. The first-order valence-electron chi connectivity index (χ1n) is 6.29. The third-order valence-corrected chi connectivity index (χ3v) is 3.40. The Morgan fingerprint density at radius 1 is 1.38 bits per heavy atom. The minimum absolute atomic E-state index is 0.326. The van der Waals surface area contributed by atoms with Gasteiger partial charge in [-0.2, -0.15) is 0 Å². The van der Waals surface area contributed by atoms with Gasteiger partial charge in [0.2, 0.25) is 0 Å². The molecule has 2 rings (SSSR count). The lowest BCUT2D eigenvalue weighted by Gasteiger charge is -2.21. The normalized spacial score (nSPS) is 20.4. The maximum Gasteiger partial charge on any atom is 0.0476 e. The van der Waals surface area contributed by atoms with E-state index in [0.29, 0.717) is 12.5 Å². The first-order chi connectivity index (χ1) is 7.85. The fourth-order valence-electron chi connectivity index (χ4n) is 2.50. The van der Waals surface area contributed by atoms with E-state index < -0.39 is 0 Å². The number of hydrogen-bond donors (Lipinski definition) is 1. The Labute approximate surface area is 97.9 Å². The number of nitrogens with zero attached hydrogens (tertiary/aromatic N) is 1. The van der Waals surface area contributed by atoms with Gasteiger partial charge in [0.05, 0.1) is 0 Å². The average Bonchev–Trinajstić information content (AvgIpc) is 2.79. The largest absolute Gasteiger partial charge is 0.396 e. The Morgan fingerprint density at radius 3 is 2.88 bits per heavy atom. The molecule has 1 fully saturated rings. The van der Waals surface area contributed by atoms with Gasteiger partial charge in [-0.3, -0.25) is 0 Å². The number of hydrogen-bond acceptors (Lipinski definition) is 2. The maximum atomic E-state index is 9.18. The zero-order valence-electron chi connectivity index (χ0n) is 10.0. The van der Waals surface area contributed by atoms with Crippen molar-refractivity contribution in [1.82, 2.24) is 0 Å². The summed E-state index contributed by atoms with van der Waals surface area (Å²) >= 11 is 0. The molecule has 0 bridgehead atoms. The van der Waals surface area contributed by atoms with Crippen LogP contribution in [0.2, 0.25) is 0 Å². The van der Waals surface area contributed by atoms with Crippen LogP contribution in [0.25, 0.3) is 0 Å². The Morgan fingerprint density at radius 2 is 2.19 bits per heavy atom. The molecule has 1 N–H and O–H groups in total. The number of aliphatic hydroxyl groups is 1. The molecule has 1 unspecified atom stereocenters. The molecule has 1 aliphatic rings. The van der Waals surface area contributed by atoms with Crippen LogP contribution in [0.5, 0.6) is 0 Å². The third-order valence-electron chi connectivity index (χ3n) is 3.40. The van der Waals surface area contributed by atoms with Gasteiger partial charge in [0, 0.05) is 31.3 Å². The van der Waals surface area contributed by atoms with Crippen LogP contribution in [0.4, 0.5) is 5.69 Å². The van der Waals surface area contributed by atoms with E-state index in [2.05, 4.69) is 36.1 Å². The number of para-hydroxylation sites is 1. The SMILES string of the molecule is CCCc1ccccc1N1CCC(CO)C1. The molecule has 1 aromatic carbocycles. The van der Waals surface area contributed by atoms with Crippen LogP contribution in [-0.2, 0) is 6.42 Å². The summed E-state index contributed by atoms with van der Waals surface area (Å²) in [7, 11) is 0. The average molecular weight is 219 g/mol. The van der Waals surface area contributed by atoms with Gasteiger partial charge < -0.3 is 10.0 Å². The second-order valence-electron chi connectivity index (χ2n) is 4.66. The monoisotopic (exact) mass is 219 g/mol. The van der Waals surface area contributed by atoms with E-state index >= 15 is 0 Å². The number of anilines is 1. The smallest absolute Gasteiger partial charge is 0.0476 e. The minimum Gasteiger partial charge on any atom is -0.396 e. The van der Waals surface area contributed by atoms with E-state index in [-0.39, 0.29) is 0 Å². The molecule has 2 heteroatoms. The van der Waals surface area contributed by atoms with Crippen LogP contribution in [0.1, 0.15) is 25.3 Å². The molecule has 0 aromatic heterocycles. The van der Waals surface area contributed by atoms with Gasteiger partial charge in [-0.25, -0.2) is 0 Å². The lowest BCUT2D eigenvalue weighted by atomic mass is 10.1. The second kappa shape index (κ2) is 5.35. The fraction of sp³-hybridized carbons (Fsp3) is 0.571. The van der Waals surface area contributed by atoms with Gasteiger partial charge in [0.25, 0.3) is 0 Å². The van der Waals surface area contributed by atoms with Crippen LogP contribution in [0.3, 0.4) is 0 Å². The summed E-state index contributed by atoms with van der Waals surface area (Å²) in [5, 5.41) is 9.18. The standard InChI is InChI=1S/C14H21NO/c1-2-5-13-6-3-4-7-14(13)15-9-8-12(10-15)11-16/h3-4,6-7,12,16H,2,5,8-11H2,1H3. The quantitative estimate of drug-likeness (QED) is 0.841. The highest BCUT2D eigenvalue weighted by Gasteiger charge is 2.22. The van der Waals surface area contributed by atoms with Crippen molar-refractivity contribution in [3.63, 3.8) is 0 Å². The molecule has 1 saturated heterocycles. The zero-order chi connectivity index (χ0) is 11.4. The van der Waals surface area contributed by atoms with E-state index in [1.807, 2.05) is 0 Å². The van der Waals surface area contributed by atoms with Crippen LogP contribution in [0.15, 0.2) is 24.3 Å². The summed E-state index contributed by atoms with van der Waals surface area (Å²) in [6.45, 7) is 4.65. The van der Waals surface area contributed by atoms with Crippen LogP contribution in [0, 0.1) is 5.92 Å². The van der Waals surface area contributed by atoms with Crippen LogP contribution < -0.4 is 4.90 Å². The van der Waals surface area contributed by atoms with E-state index in [0.717, 1.165) is 25.9 Å². The summed E-state index contributed by atoms with van der Waals surface area (Å²) in [5.74, 6) is 0.467. The molecule has 1 heterocycles. The first-order valence-corrected chi connectivity index (χ1v) is 6.29. The molecule has 0 spiro atoms. The first kappa shape index (κ1) is 11.5. The fourth-order valence-corrected chi connectivity index (χ4v) is 2.50. The second-order valence-corrected chi connectivity index (χ2v) is 4.66. The molecule has 1 aliphatic heterocycles. The van der Waals surface area contributed by atoms with Crippen LogP contribution >= 0.6 is 0 Å². The van der Waals surface area contributed by atoms with Crippen molar-refractivity contribution >= 4 is 5.69 Å². The molecule has 2 nitrogen and oxygen atoms in total. The van der Waals surface area contributed by atoms with Crippen molar-refractivity contribution < 1.29 is 5.11 Å². The summed E-state index contributed by atoms with van der Waals surface area (Å²) in [4.78, 5) is 2.42. The van der Waals surface area contributed by atoms with E-state index in [1.54, 1.807) is 0 Å². The number of aryl methyl sites for hydroxylation is 1. The van der Waals surface area contributed by atoms with Crippen molar-refractivity contribution in [3.8, 4) is 0 Å². The van der Waals surface area contributed by atoms with Gasteiger partial charge in [-0.05, 0) is 24.5 Å². The molecule has 1 aromatic rings. The van der Waals surface area contributed by atoms with Crippen molar-refractivity contribution in [1.29, 1.82) is 0 Å². The van der Waals surface area contributed by atoms with E-state index in [4.69, 9.17) is 0 Å². The Bertz CT molecular complexity index is 337. The molecule has 1 atom stereocenters. The lowest BCUT2D eigenvalue weighted by molar-refractivity contribution is 0.238. The summed E-state index contributed by atoms with van der Waals surface area (Å²) in [5.41, 5.74) is 2.82. The minimum atomic E-state index is 0.326. The highest BCUT2D eigenvalue weighted by molar-refractivity contribution is 5.54. The highest BCUT2D eigenvalue weighted by atomic mass is 16.3. The van der Waals surface area contributed by atoms with E-state index in [9.17, 15) is 5.11 Å². The molecule has 0 radical (unpaired) electrons. The van der Waals surface area contributed by atoms with Crippen molar-refractivity contribution in [2.75, 3.05) is 24.6 Å². The predicted molar refractivity (Wildman–Crippen MR) is 67.8 cm³/mol. The number of rotatable bonds is 4. The lowest BCUT2D eigenvalue weighted by Crippen LogP contribution is -2.21. The van der Waals surface area contributed by atoms with Gasteiger partial charge >= 0.3 is 0 Å². The van der Waals surface area contributed by atoms with Gasteiger partial charge in [-0.1, -0.05) is 31.5 Å². The van der Waals surface area contributed by atoms with Gasteiger partial charge in [-0.15, -0.1) is 0 Å². The molecule has 16 heavy (non-hydrogen) atoms. The summed E-state index contributed by atoms with van der Waals surface area (Å²) in [6.07, 6.45) is 3.46.